The first kappa shape index (κ1) is 18.6. The van der Waals surface area contributed by atoms with Crippen molar-refractivity contribution in [2.75, 3.05) is 6.54 Å². The normalized spacial score (nSPS) is 24.0. The highest BCUT2D eigenvalue weighted by Crippen LogP contribution is 2.42. The molecule has 1 saturated heterocycles. The number of benzene rings is 2. The molecule has 0 spiro atoms. The largest absolute Gasteiger partial charge is 0.383 e. The highest BCUT2D eigenvalue weighted by atomic mass is 32.2. The smallest absolute Gasteiger partial charge is 0.243 e. The summed E-state index contributed by atoms with van der Waals surface area (Å²) < 4.78 is 28.1. The molecule has 0 saturated carbocycles. The fourth-order valence-corrected chi connectivity index (χ4v) is 5.26. The van der Waals surface area contributed by atoms with Gasteiger partial charge < -0.3 is 5.11 Å². The summed E-state index contributed by atoms with van der Waals surface area (Å²) in [5.41, 5.74) is 3.04. The molecule has 1 aliphatic rings. The molecule has 0 radical (unpaired) electrons. The van der Waals surface area contributed by atoms with Crippen LogP contribution in [0.1, 0.15) is 30.0 Å². The quantitative estimate of drug-likeness (QED) is 0.838. The zero-order valence-corrected chi connectivity index (χ0v) is 15.6. The molecule has 0 aliphatic carbocycles. The summed E-state index contributed by atoms with van der Waals surface area (Å²) in [5, 5.41) is 11.2. The maximum Gasteiger partial charge on any atom is 0.243 e. The Labute approximate surface area is 155 Å². The predicted octanol–water partition coefficient (Wildman–Crippen LogP) is 3.59. The van der Waals surface area contributed by atoms with E-state index in [1.165, 1.54) is 10.4 Å². The minimum atomic E-state index is -3.76. The van der Waals surface area contributed by atoms with Gasteiger partial charge in [0.15, 0.2) is 0 Å². The molecule has 1 N–H and O–H groups in total. The first-order valence-corrected chi connectivity index (χ1v) is 10.1. The molecule has 2 atom stereocenters. The van der Waals surface area contributed by atoms with Crippen molar-refractivity contribution in [3.63, 3.8) is 0 Å². The number of hydrogen-bond donors (Lipinski definition) is 1. The van der Waals surface area contributed by atoms with Crippen molar-refractivity contribution in [2.45, 2.75) is 36.3 Å². The highest BCUT2D eigenvalue weighted by molar-refractivity contribution is 7.89. The van der Waals surface area contributed by atoms with Gasteiger partial charge in [-0.1, -0.05) is 54.6 Å². The van der Waals surface area contributed by atoms with Crippen molar-refractivity contribution in [1.29, 1.82) is 0 Å². The number of aryl methyl sites for hydroxylation is 1. The second kappa shape index (κ2) is 7.22. The van der Waals surface area contributed by atoms with Crippen LogP contribution in [0, 0.1) is 6.92 Å². The average Bonchev–Trinajstić information content (AvgIpc) is 2.62. The monoisotopic (exact) mass is 369 g/mol. The van der Waals surface area contributed by atoms with E-state index in [9.17, 15) is 13.5 Å². The summed E-state index contributed by atoms with van der Waals surface area (Å²) in [5.74, 6) is 0. The van der Waals surface area contributed by atoms with E-state index >= 15 is 0 Å². The van der Waals surface area contributed by atoms with Crippen LogP contribution in [0.15, 0.2) is 77.9 Å². The third-order valence-electron chi connectivity index (χ3n) is 4.81. The fraction of sp³-hybridized carbons (Fsp3) is 0.286. The third kappa shape index (κ3) is 3.39. The van der Waals surface area contributed by atoms with E-state index in [0.717, 1.165) is 11.1 Å². The number of nitrogens with zero attached hydrogens (tertiary/aromatic N) is 1. The van der Waals surface area contributed by atoms with E-state index in [1.54, 1.807) is 24.3 Å². The molecule has 4 nitrogen and oxygen atoms in total. The summed E-state index contributed by atoms with van der Waals surface area (Å²) in [6.45, 7) is 5.84. The summed E-state index contributed by atoms with van der Waals surface area (Å²) in [4.78, 5) is 0.232. The van der Waals surface area contributed by atoms with Gasteiger partial charge in [-0.15, -0.1) is 5.73 Å². The number of rotatable bonds is 4. The molecule has 1 aliphatic heterocycles. The number of piperidine rings is 1. The van der Waals surface area contributed by atoms with E-state index in [2.05, 4.69) is 12.3 Å². The van der Waals surface area contributed by atoms with Gasteiger partial charge >= 0.3 is 0 Å². The van der Waals surface area contributed by atoms with Crippen molar-refractivity contribution in [3.8, 4) is 0 Å². The SMILES string of the molecule is C=C=C[C@]1(O)CCCN(S(=O)(=O)c2ccc(C)cc2)[C@H]1c1ccccc1. The van der Waals surface area contributed by atoms with Crippen LogP contribution in [0.25, 0.3) is 0 Å². The molecule has 2 aromatic carbocycles. The van der Waals surface area contributed by atoms with E-state index in [1.807, 2.05) is 37.3 Å². The Morgan fingerprint density at radius 1 is 1.19 bits per heavy atom. The molecule has 5 heteroatoms. The van der Waals surface area contributed by atoms with Gasteiger partial charge in [0.05, 0.1) is 10.9 Å². The van der Waals surface area contributed by atoms with E-state index in [0.29, 0.717) is 19.4 Å². The Hall–Kier alpha value is -2.17. The molecule has 26 heavy (non-hydrogen) atoms. The summed E-state index contributed by atoms with van der Waals surface area (Å²) in [6, 6.07) is 15.3. The van der Waals surface area contributed by atoms with Gasteiger partial charge in [-0.2, -0.15) is 4.31 Å². The van der Waals surface area contributed by atoms with Crippen LogP contribution in [0.2, 0.25) is 0 Å². The van der Waals surface area contributed by atoms with Crippen molar-refractivity contribution < 1.29 is 13.5 Å². The summed E-state index contributed by atoms with van der Waals surface area (Å²) in [6.07, 6.45) is 2.50. The van der Waals surface area contributed by atoms with Crippen LogP contribution >= 0.6 is 0 Å². The van der Waals surface area contributed by atoms with E-state index in [-0.39, 0.29) is 4.90 Å². The Kier molecular flexibility index (Phi) is 5.17. The topological polar surface area (TPSA) is 57.6 Å². The molecular formula is C21H23NO3S. The second-order valence-electron chi connectivity index (χ2n) is 6.69. The van der Waals surface area contributed by atoms with Gasteiger partial charge in [-0.05, 0) is 43.5 Å². The van der Waals surface area contributed by atoms with Crippen LogP contribution in [-0.4, -0.2) is 30.0 Å². The second-order valence-corrected chi connectivity index (χ2v) is 8.58. The number of hydrogen-bond acceptors (Lipinski definition) is 3. The zero-order valence-electron chi connectivity index (χ0n) is 14.8. The van der Waals surface area contributed by atoms with Crippen LogP contribution in [0.3, 0.4) is 0 Å². The van der Waals surface area contributed by atoms with Gasteiger partial charge in [0.25, 0.3) is 0 Å². The van der Waals surface area contributed by atoms with Gasteiger partial charge in [-0.25, -0.2) is 8.42 Å². The van der Waals surface area contributed by atoms with Gasteiger partial charge in [0, 0.05) is 6.54 Å². The van der Waals surface area contributed by atoms with E-state index in [4.69, 9.17) is 0 Å². The molecule has 1 heterocycles. The Balaban J connectivity index is 2.14. The number of sulfonamides is 1. The molecule has 0 aromatic heterocycles. The Bertz CT molecular complexity index is 915. The first-order valence-electron chi connectivity index (χ1n) is 8.61. The number of aliphatic hydroxyl groups is 1. The molecule has 3 rings (SSSR count). The minimum Gasteiger partial charge on any atom is -0.383 e. The average molecular weight is 369 g/mol. The van der Waals surface area contributed by atoms with Crippen molar-refractivity contribution >= 4 is 10.0 Å². The zero-order chi connectivity index (χ0) is 18.8. The Morgan fingerprint density at radius 2 is 1.85 bits per heavy atom. The van der Waals surface area contributed by atoms with Crippen LogP contribution < -0.4 is 0 Å². The van der Waals surface area contributed by atoms with Crippen molar-refractivity contribution in [2.24, 2.45) is 0 Å². The van der Waals surface area contributed by atoms with Crippen LogP contribution in [-0.2, 0) is 10.0 Å². The maximum atomic E-state index is 13.3. The highest BCUT2D eigenvalue weighted by Gasteiger charge is 2.47. The predicted molar refractivity (Wildman–Crippen MR) is 102 cm³/mol. The van der Waals surface area contributed by atoms with E-state index < -0.39 is 21.7 Å². The molecule has 0 unspecified atom stereocenters. The lowest BCUT2D eigenvalue weighted by atomic mass is 9.82. The first-order chi connectivity index (χ1) is 12.4. The molecular weight excluding hydrogens is 346 g/mol. The van der Waals surface area contributed by atoms with Crippen molar-refractivity contribution in [3.05, 3.63) is 84.1 Å². The van der Waals surface area contributed by atoms with Gasteiger partial charge in [0.2, 0.25) is 10.0 Å². The van der Waals surface area contributed by atoms with Crippen LogP contribution in [0.4, 0.5) is 0 Å². The molecule has 0 bridgehead atoms. The fourth-order valence-electron chi connectivity index (χ4n) is 3.56. The molecule has 2 aromatic rings. The Morgan fingerprint density at radius 3 is 2.46 bits per heavy atom. The lowest BCUT2D eigenvalue weighted by Crippen LogP contribution is -2.51. The molecule has 136 valence electrons. The van der Waals surface area contributed by atoms with Crippen molar-refractivity contribution in [1.82, 2.24) is 4.31 Å². The molecule has 0 amide bonds. The minimum absolute atomic E-state index is 0.232. The standard InChI is InChI=1S/C21H23NO3S/c1-3-14-21(23)15-7-16-22(20(21)18-8-5-4-6-9-18)26(24,25)19-12-10-17(2)11-13-19/h4-6,8-14,20,23H,1,7,15-16H2,2H3/t20-,21-/m0/s1. The summed E-state index contributed by atoms with van der Waals surface area (Å²) in [7, 11) is -3.76. The van der Waals surface area contributed by atoms with Crippen LogP contribution in [0.5, 0.6) is 0 Å². The lowest BCUT2D eigenvalue weighted by molar-refractivity contribution is -0.0155. The summed E-state index contributed by atoms with van der Waals surface area (Å²) >= 11 is 0. The third-order valence-corrected chi connectivity index (χ3v) is 6.69. The van der Waals surface area contributed by atoms with Gasteiger partial charge in [0.1, 0.15) is 5.60 Å². The maximum absolute atomic E-state index is 13.3. The molecule has 1 fully saturated rings. The lowest BCUT2D eigenvalue weighted by Gasteiger charge is -2.44. The van der Waals surface area contributed by atoms with Gasteiger partial charge in [-0.3, -0.25) is 0 Å².